The van der Waals surface area contributed by atoms with Gasteiger partial charge in [-0.05, 0) is 50.5 Å². The monoisotopic (exact) mass is 534 g/mol. The number of benzene rings is 2. The van der Waals surface area contributed by atoms with Crippen molar-refractivity contribution < 1.29 is 27.7 Å². The first-order chi connectivity index (χ1) is 17.3. The maximum atomic E-state index is 13.6. The van der Waals surface area contributed by atoms with Gasteiger partial charge in [-0.1, -0.05) is 25.1 Å². The Bertz CT molecular complexity index is 1230. The number of non-ortho nitro benzene ring substituents is 1. The number of sulfonamides is 1. The van der Waals surface area contributed by atoms with Crippen molar-refractivity contribution in [1.82, 2.24) is 10.2 Å². The third-order valence-electron chi connectivity index (χ3n) is 6.03. The van der Waals surface area contributed by atoms with Crippen LogP contribution >= 0.6 is 0 Å². The van der Waals surface area contributed by atoms with Crippen LogP contribution in [0.2, 0.25) is 0 Å². The Hall–Kier alpha value is -3.67. The molecule has 0 fully saturated rings. The number of nitrogens with one attached hydrogen (secondary N) is 1. The van der Waals surface area contributed by atoms with Crippen LogP contribution in [0.4, 0.5) is 11.4 Å². The summed E-state index contributed by atoms with van der Waals surface area (Å²) >= 11 is 0. The number of hydrogen-bond acceptors (Lipinski definition) is 7. The predicted octanol–water partition coefficient (Wildman–Crippen LogP) is 3.01. The molecule has 12 heteroatoms. The van der Waals surface area contributed by atoms with Gasteiger partial charge in [0.15, 0.2) is 0 Å². The van der Waals surface area contributed by atoms with Gasteiger partial charge in [-0.25, -0.2) is 8.42 Å². The third kappa shape index (κ3) is 7.91. The van der Waals surface area contributed by atoms with Crippen LogP contribution in [0.5, 0.6) is 5.75 Å². The van der Waals surface area contributed by atoms with E-state index in [0.717, 1.165) is 16.6 Å². The van der Waals surface area contributed by atoms with Gasteiger partial charge >= 0.3 is 0 Å². The first-order valence-electron chi connectivity index (χ1n) is 11.7. The van der Waals surface area contributed by atoms with E-state index in [1.165, 1.54) is 24.1 Å². The first kappa shape index (κ1) is 29.6. The van der Waals surface area contributed by atoms with Crippen molar-refractivity contribution in [3.63, 3.8) is 0 Å². The van der Waals surface area contributed by atoms with E-state index in [9.17, 15) is 28.1 Å². The number of methoxy groups -OCH3 is 1. The van der Waals surface area contributed by atoms with E-state index in [0.29, 0.717) is 23.3 Å². The Balaban J connectivity index is 2.47. The highest BCUT2D eigenvalue weighted by Crippen LogP contribution is 2.28. The van der Waals surface area contributed by atoms with Crippen LogP contribution in [0.1, 0.15) is 38.3 Å². The van der Waals surface area contributed by atoms with Crippen LogP contribution in [0.15, 0.2) is 42.5 Å². The van der Waals surface area contributed by atoms with Crippen LogP contribution in [0.3, 0.4) is 0 Å². The van der Waals surface area contributed by atoms with Gasteiger partial charge in [-0.15, -0.1) is 0 Å². The Labute approximate surface area is 217 Å². The van der Waals surface area contributed by atoms with E-state index in [-0.39, 0.29) is 29.9 Å². The number of nitro benzene ring substituents is 1. The van der Waals surface area contributed by atoms with Gasteiger partial charge in [-0.3, -0.25) is 24.0 Å². The van der Waals surface area contributed by atoms with Gasteiger partial charge in [0.05, 0.1) is 24.0 Å². The lowest BCUT2D eigenvalue weighted by molar-refractivity contribution is -0.384. The molecule has 0 aliphatic rings. The molecule has 0 heterocycles. The molecule has 0 aliphatic carbocycles. The van der Waals surface area contributed by atoms with Crippen molar-refractivity contribution in [2.75, 3.05) is 24.2 Å². The molecule has 37 heavy (non-hydrogen) atoms. The highest BCUT2D eigenvalue weighted by Gasteiger charge is 2.31. The fourth-order valence-corrected chi connectivity index (χ4v) is 4.45. The number of amides is 2. The van der Waals surface area contributed by atoms with Gasteiger partial charge in [0.1, 0.15) is 18.3 Å². The molecule has 0 bridgehead atoms. The first-order valence-corrected chi connectivity index (χ1v) is 13.6. The average molecular weight is 535 g/mol. The highest BCUT2D eigenvalue weighted by molar-refractivity contribution is 7.92. The fourth-order valence-electron chi connectivity index (χ4n) is 3.55. The summed E-state index contributed by atoms with van der Waals surface area (Å²) in [4.78, 5) is 38.5. The van der Waals surface area contributed by atoms with E-state index in [4.69, 9.17) is 4.74 Å². The number of hydrogen-bond donors (Lipinski definition) is 1. The lowest BCUT2D eigenvalue weighted by Gasteiger charge is -2.32. The summed E-state index contributed by atoms with van der Waals surface area (Å²) in [5, 5.41) is 14.2. The Morgan fingerprint density at radius 3 is 2.27 bits per heavy atom. The third-order valence-corrected chi connectivity index (χ3v) is 7.16. The number of anilines is 1. The van der Waals surface area contributed by atoms with Crippen LogP contribution in [-0.2, 0) is 26.2 Å². The van der Waals surface area contributed by atoms with Crippen molar-refractivity contribution >= 4 is 33.2 Å². The molecule has 2 aromatic carbocycles. The standard InChI is InChI=1S/C25H34N4O7S/c1-7-18(3)26-25(31)19(4)27(15-20-9-12-22(36-5)13-10-20)24(30)16-28(37(6,34)35)23-14-21(29(32)33)11-8-17(23)2/h8-14,18-19H,7,15-16H2,1-6H3,(H,26,31)/t18-,19+/m0/s1. The second-order valence-corrected chi connectivity index (χ2v) is 10.8. The van der Waals surface area contributed by atoms with Gasteiger partial charge in [0, 0.05) is 24.7 Å². The molecular formula is C25H34N4O7S. The van der Waals surface area contributed by atoms with Gasteiger partial charge in [-0.2, -0.15) is 0 Å². The molecule has 2 atom stereocenters. The number of nitrogens with zero attached hydrogens (tertiary/aromatic N) is 3. The SMILES string of the molecule is CC[C@H](C)NC(=O)[C@@H](C)N(Cc1ccc(OC)cc1)C(=O)CN(c1cc([N+](=O)[O-])ccc1C)S(C)(=O)=O. The van der Waals surface area contributed by atoms with E-state index >= 15 is 0 Å². The van der Waals surface area contributed by atoms with Crippen LogP contribution in [0.25, 0.3) is 0 Å². The second-order valence-electron chi connectivity index (χ2n) is 8.86. The number of carbonyl (C=O) groups excluding carboxylic acids is 2. The number of carbonyl (C=O) groups is 2. The van der Waals surface area contributed by atoms with Crippen molar-refractivity contribution in [1.29, 1.82) is 0 Å². The van der Waals surface area contributed by atoms with E-state index < -0.39 is 33.4 Å². The van der Waals surface area contributed by atoms with Crippen molar-refractivity contribution in [2.45, 2.75) is 52.7 Å². The Morgan fingerprint density at radius 1 is 1.14 bits per heavy atom. The summed E-state index contributed by atoms with van der Waals surface area (Å²) in [6.07, 6.45) is 1.62. The lowest BCUT2D eigenvalue weighted by atomic mass is 10.1. The zero-order chi connectivity index (χ0) is 27.9. The van der Waals surface area contributed by atoms with Gasteiger partial charge < -0.3 is 15.0 Å². The van der Waals surface area contributed by atoms with E-state index in [1.807, 2.05) is 13.8 Å². The molecule has 2 amide bonds. The number of ether oxygens (including phenoxy) is 1. The molecular weight excluding hydrogens is 500 g/mol. The van der Waals surface area contributed by atoms with Crippen LogP contribution in [-0.4, -0.2) is 62.0 Å². The van der Waals surface area contributed by atoms with Crippen molar-refractivity contribution in [3.05, 3.63) is 63.7 Å². The molecule has 0 aliphatic heterocycles. The molecule has 1 N–H and O–H groups in total. The minimum atomic E-state index is -4.02. The normalized spacial score (nSPS) is 12.8. The van der Waals surface area contributed by atoms with Crippen molar-refractivity contribution in [3.8, 4) is 5.75 Å². The molecule has 0 radical (unpaired) electrons. The number of rotatable bonds is 12. The van der Waals surface area contributed by atoms with E-state index in [1.54, 1.807) is 38.1 Å². The molecule has 0 spiro atoms. The quantitative estimate of drug-likeness (QED) is 0.326. The lowest BCUT2D eigenvalue weighted by Crippen LogP contribution is -2.52. The Kier molecular flexibility index (Phi) is 10.0. The number of nitro groups is 1. The predicted molar refractivity (Wildman–Crippen MR) is 141 cm³/mol. The minimum absolute atomic E-state index is 0.0196. The van der Waals surface area contributed by atoms with Crippen LogP contribution < -0.4 is 14.4 Å². The Morgan fingerprint density at radius 2 is 1.76 bits per heavy atom. The average Bonchev–Trinajstić information content (AvgIpc) is 2.85. The molecule has 2 aromatic rings. The largest absolute Gasteiger partial charge is 0.497 e. The topological polar surface area (TPSA) is 139 Å². The maximum Gasteiger partial charge on any atom is 0.271 e. The summed E-state index contributed by atoms with van der Waals surface area (Å²) in [7, 11) is -2.49. The van der Waals surface area contributed by atoms with Gasteiger partial charge in [0.2, 0.25) is 21.8 Å². The van der Waals surface area contributed by atoms with E-state index in [2.05, 4.69) is 5.32 Å². The smallest absolute Gasteiger partial charge is 0.271 e. The maximum absolute atomic E-state index is 13.6. The summed E-state index contributed by atoms with van der Waals surface area (Å²) in [6, 6.07) is 9.70. The molecule has 0 aromatic heterocycles. The zero-order valence-electron chi connectivity index (χ0n) is 21.9. The van der Waals surface area contributed by atoms with Gasteiger partial charge in [0.25, 0.3) is 5.69 Å². The molecule has 202 valence electrons. The summed E-state index contributed by atoms with van der Waals surface area (Å²) in [5.74, 6) is -0.402. The second kappa shape index (κ2) is 12.5. The van der Waals surface area contributed by atoms with Crippen molar-refractivity contribution in [2.24, 2.45) is 0 Å². The highest BCUT2D eigenvalue weighted by atomic mass is 32.2. The minimum Gasteiger partial charge on any atom is -0.497 e. The number of aryl methyl sites for hydroxylation is 1. The molecule has 0 saturated heterocycles. The summed E-state index contributed by atoms with van der Waals surface area (Å²) in [6.45, 7) is 6.32. The molecule has 0 saturated carbocycles. The molecule has 2 rings (SSSR count). The zero-order valence-corrected chi connectivity index (χ0v) is 22.7. The summed E-state index contributed by atoms with van der Waals surface area (Å²) in [5.41, 5.74) is 0.854. The fraction of sp³-hybridized carbons (Fsp3) is 0.440. The summed E-state index contributed by atoms with van der Waals surface area (Å²) < 4.78 is 31.5. The molecule has 0 unspecified atom stereocenters. The molecule has 11 nitrogen and oxygen atoms in total. The van der Waals surface area contributed by atoms with Crippen LogP contribution in [0, 0.1) is 17.0 Å².